The molecule has 1 saturated carbocycles. The zero-order chi connectivity index (χ0) is 14.6. The van der Waals surface area contributed by atoms with Crippen molar-refractivity contribution < 1.29 is 4.79 Å². The lowest BCUT2D eigenvalue weighted by molar-refractivity contribution is 0.0908. The highest BCUT2D eigenvalue weighted by Gasteiger charge is 2.28. The van der Waals surface area contributed by atoms with E-state index in [9.17, 15) is 4.79 Å². The molecule has 0 saturated heterocycles. The molecule has 0 radical (unpaired) electrons. The van der Waals surface area contributed by atoms with Gasteiger partial charge in [-0.25, -0.2) is 0 Å². The van der Waals surface area contributed by atoms with Crippen LogP contribution in [0.15, 0.2) is 0 Å². The first-order chi connectivity index (χ1) is 9.50. The molecule has 112 valence electrons. The van der Waals surface area contributed by atoms with Gasteiger partial charge in [0.15, 0.2) is 0 Å². The molecule has 1 aliphatic rings. The molecular formula is C14H24N4OS. The van der Waals surface area contributed by atoms with Crippen LogP contribution < -0.4 is 10.6 Å². The van der Waals surface area contributed by atoms with Crippen LogP contribution in [0.1, 0.15) is 62.7 Å². The summed E-state index contributed by atoms with van der Waals surface area (Å²) < 4.78 is 0. The summed E-state index contributed by atoms with van der Waals surface area (Å²) in [5.41, 5.74) is 0.418. The molecule has 5 nitrogen and oxygen atoms in total. The monoisotopic (exact) mass is 296 g/mol. The van der Waals surface area contributed by atoms with Crippen molar-refractivity contribution in [3.8, 4) is 0 Å². The van der Waals surface area contributed by atoms with Crippen LogP contribution in [-0.2, 0) is 0 Å². The third kappa shape index (κ3) is 4.16. The number of aromatic nitrogens is 2. The van der Waals surface area contributed by atoms with Crippen LogP contribution in [0, 0.1) is 5.41 Å². The minimum absolute atomic E-state index is 0.0863. The Hall–Kier alpha value is -1.17. The molecule has 1 heterocycles. The average molecular weight is 296 g/mol. The molecule has 0 aromatic carbocycles. The second-order valence-electron chi connectivity index (χ2n) is 6.25. The van der Waals surface area contributed by atoms with E-state index < -0.39 is 0 Å². The Bertz CT molecular complexity index is 448. The normalized spacial score (nSPS) is 18.8. The first-order valence-corrected chi connectivity index (χ1v) is 8.20. The van der Waals surface area contributed by atoms with Crippen LogP contribution in [0.2, 0.25) is 0 Å². The van der Waals surface area contributed by atoms with Crippen LogP contribution in [0.5, 0.6) is 0 Å². The molecule has 0 unspecified atom stereocenters. The van der Waals surface area contributed by atoms with Crippen molar-refractivity contribution in [2.75, 3.05) is 11.9 Å². The van der Waals surface area contributed by atoms with Crippen LogP contribution in [-0.4, -0.2) is 28.7 Å². The quantitative estimate of drug-likeness (QED) is 0.876. The van der Waals surface area contributed by atoms with Gasteiger partial charge in [0.1, 0.15) is 0 Å². The number of nitrogens with zero attached hydrogens (tertiary/aromatic N) is 2. The summed E-state index contributed by atoms with van der Waals surface area (Å²) in [5, 5.41) is 15.4. The van der Waals surface area contributed by atoms with Gasteiger partial charge in [0.2, 0.25) is 10.1 Å². The second kappa shape index (κ2) is 6.52. The summed E-state index contributed by atoms with van der Waals surface area (Å²) in [4.78, 5) is 12.1. The highest BCUT2D eigenvalue weighted by Crippen LogP contribution is 2.35. The fourth-order valence-electron chi connectivity index (χ4n) is 2.41. The summed E-state index contributed by atoms with van der Waals surface area (Å²) in [6, 6.07) is 0.284. The third-order valence-corrected chi connectivity index (χ3v) is 4.70. The van der Waals surface area contributed by atoms with Gasteiger partial charge in [0.05, 0.1) is 0 Å². The second-order valence-corrected chi connectivity index (χ2v) is 7.23. The molecule has 1 amide bonds. The van der Waals surface area contributed by atoms with Gasteiger partial charge in [-0.1, -0.05) is 32.1 Å². The number of carbonyl (C=O) groups is 1. The van der Waals surface area contributed by atoms with E-state index in [1.165, 1.54) is 11.3 Å². The lowest BCUT2D eigenvalue weighted by Crippen LogP contribution is -2.39. The molecule has 0 aliphatic heterocycles. The smallest absolute Gasteiger partial charge is 0.282 e. The van der Waals surface area contributed by atoms with Crippen LogP contribution in [0.25, 0.3) is 0 Å². The summed E-state index contributed by atoms with van der Waals surface area (Å²) >= 11 is 1.32. The molecule has 20 heavy (non-hydrogen) atoms. The molecule has 1 aliphatic carbocycles. The predicted octanol–water partition coefficient (Wildman–Crippen LogP) is 3.06. The van der Waals surface area contributed by atoms with E-state index in [4.69, 9.17) is 0 Å². The van der Waals surface area contributed by atoms with Gasteiger partial charge in [-0.3, -0.25) is 4.79 Å². The molecule has 6 heteroatoms. The van der Waals surface area contributed by atoms with Crippen LogP contribution in [0.4, 0.5) is 5.13 Å². The standard InChI is InChI=1S/C14H24N4OS/c1-4-9-15-13-18-17-12(20-13)11(19)16-10-5-7-14(2,3)8-6-10/h10H,4-9H2,1-3H3,(H,15,18)(H,16,19). The summed E-state index contributed by atoms with van der Waals surface area (Å²) in [7, 11) is 0. The lowest BCUT2D eigenvalue weighted by atomic mass is 9.75. The Morgan fingerprint density at radius 1 is 1.35 bits per heavy atom. The molecule has 2 rings (SSSR count). The largest absolute Gasteiger partial charge is 0.360 e. The third-order valence-electron chi connectivity index (χ3n) is 3.82. The minimum atomic E-state index is -0.0863. The van der Waals surface area contributed by atoms with E-state index in [-0.39, 0.29) is 11.9 Å². The Labute approximate surface area is 124 Å². The van der Waals surface area contributed by atoms with E-state index in [2.05, 4.69) is 41.6 Å². The number of hydrogen-bond acceptors (Lipinski definition) is 5. The molecular weight excluding hydrogens is 272 g/mol. The lowest BCUT2D eigenvalue weighted by Gasteiger charge is -2.34. The number of hydrogen-bond donors (Lipinski definition) is 2. The van der Waals surface area contributed by atoms with Crippen molar-refractivity contribution in [3.05, 3.63) is 5.01 Å². The fourth-order valence-corrected chi connectivity index (χ4v) is 3.08. The minimum Gasteiger partial charge on any atom is -0.360 e. The Kier molecular flexibility index (Phi) is 4.96. The van der Waals surface area contributed by atoms with Gasteiger partial charge in [-0.05, 0) is 37.5 Å². The van der Waals surface area contributed by atoms with E-state index >= 15 is 0 Å². The molecule has 1 fully saturated rings. The number of amides is 1. The van der Waals surface area contributed by atoms with Crippen molar-refractivity contribution in [2.45, 2.75) is 58.9 Å². The Morgan fingerprint density at radius 2 is 2.05 bits per heavy atom. The van der Waals surface area contributed by atoms with Crippen molar-refractivity contribution in [3.63, 3.8) is 0 Å². The van der Waals surface area contributed by atoms with Crippen LogP contribution in [0.3, 0.4) is 0 Å². The van der Waals surface area contributed by atoms with Gasteiger partial charge in [-0.2, -0.15) is 0 Å². The van der Waals surface area contributed by atoms with Gasteiger partial charge < -0.3 is 10.6 Å². The number of nitrogens with one attached hydrogen (secondary N) is 2. The number of rotatable bonds is 5. The highest BCUT2D eigenvalue weighted by atomic mass is 32.1. The van der Waals surface area contributed by atoms with E-state index in [1.807, 2.05) is 0 Å². The summed E-state index contributed by atoms with van der Waals surface area (Å²) in [5.74, 6) is -0.0863. The Balaban J connectivity index is 1.84. The average Bonchev–Trinajstić information content (AvgIpc) is 2.88. The predicted molar refractivity (Wildman–Crippen MR) is 82.2 cm³/mol. The first-order valence-electron chi connectivity index (χ1n) is 7.38. The number of carbonyl (C=O) groups excluding carboxylic acids is 1. The molecule has 0 bridgehead atoms. The fraction of sp³-hybridized carbons (Fsp3) is 0.786. The summed E-state index contributed by atoms with van der Waals surface area (Å²) in [6.45, 7) is 7.53. The van der Waals surface area contributed by atoms with Crippen LogP contribution >= 0.6 is 11.3 Å². The Morgan fingerprint density at radius 3 is 2.70 bits per heavy atom. The van der Waals surface area contributed by atoms with Gasteiger partial charge in [0.25, 0.3) is 5.91 Å². The van der Waals surface area contributed by atoms with E-state index in [0.717, 1.165) is 43.8 Å². The maximum Gasteiger partial charge on any atom is 0.282 e. The topological polar surface area (TPSA) is 66.9 Å². The van der Waals surface area contributed by atoms with Crippen molar-refractivity contribution in [1.82, 2.24) is 15.5 Å². The molecule has 1 aromatic heterocycles. The van der Waals surface area contributed by atoms with Crippen molar-refractivity contribution in [1.29, 1.82) is 0 Å². The van der Waals surface area contributed by atoms with Crippen molar-refractivity contribution in [2.24, 2.45) is 5.41 Å². The van der Waals surface area contributed by atoms with Crippen molar-refractivity contribution >= 4 is 22.4 Å². The van der Waals surface area contributed by atoms with Gasteiger partial charge in [0, 0.05) is 12.6 Å². The molecule has 0 atom stereocenters. The first kappa shape index (κ1) is 15.2. The zero-order valence-electron chi connectivity index (χ0n) is 12.5. The SMILES string of the molecule is CCCNc1nnc(C(=O)NC2CCC(C)(C)CC2)s1. The number of anilines is 1. The van der Waals surface area contributed by atoms with E-state index in [0.29, 0.717) is 10.4 Å². The van der Waals surface area contributed by atoms with Gasteiger partial charge >= 0.3 is 0 Å². The maximum absolute atomic E-state index is 12.1. The molecule has 0 spiro atoms. The molecule has 1 aromatic rings. The van der Waals surface area contributed by atoms with E-state index in [1.54, 1.807) is 0 Å². The zero-order valence-corrected chi connectivity index (χ0v) is 13.3. The van der Waals surface area contributed by atoms with Gasteiger partial charge in [-0.15, -0.1) is 10.2 Å². The maximum atomic E-state index is 12.1. The summed E-state index contributed by atoms with van der Waals surface area (Å²) in [6.07, 6.45) is 5.46. The highest BCUT2D eigenvalue weighted by molar-refractivity contribution is 7.17. The molecule has 2 N–H and O–H groups in total.